The van der Waals surface area contributed by atoms with Crippen molar-refractivity contribution in [1.82, 2.24) is 0 Å². The van der Waals surface area contributed by atoms with Gasteiger partial charge < -0.3 is 0 Å². The molecule has 0 bridgehead atoms. The molecule has 1 aromatic carbocycles. The molecule has 0 radical (unpaired) electrons. The number of carbonyl (C=O) groups is 1. The SMILES string of the molecule is CC1=NN(c2ccccc2)C(=O)[C@H]1[C@@H](C)C[N+](=O)[O-]. The van der Waals surface area contributed by atoms with Crippen LogP contribution in [0, 0.1) is 22.0 Å². The smallest absolute Gasteiger partial charge is 0.256 e. The van der Waals surface area contributed by atoms with Crippen LogP contribution in [0.2, 0.25) is 0 Å². The number of hydrogen-bond acceptors (Lipinski definition) is 4. The molecule has 2 rings (SSSR count). The summed E-state index contributed by atoms with van der Waals surface area (Å²) in [5.41, 5.74) is 1.31. The van der Waals surface area contributed by atoms with Gasteiger partial charge in [0, 0.05) is 16.6 Å². The van der Waals surface area contributed by atoms with Crippen molar-refractivity contribution in [2.75, 3.05) is 11.6 Å². The Labute approximate surface area is 110 Å². The van der Waals surface area contributed by atoms with Crippen LogP contribution in [0.1, 0.15) is 13.8 Å². The average molecular weight is 261 g/mol. The van der Waals surface area contributed by atoms with Crippen LogP contribution in [0.3, 0.4) is 0 Å². The molecule has 6 heteroatoms. The molecule has 0 aromatic heterocycles. The maximum Gasteiger partial charge on any atom is 0.256 e. The van der Waals surface area contributed by atoms with Crippen molar-refractivity contribution in [3.8, 4) is 0 Å². The molecule has 0 spiro atoms. The van der Waals surface area contributed by atoms with Crippen LogP contribution in [-0.2, 0) is 4.79 Å². The molecule has 1 aromatic rings. The van der Waals surface area contributed by atoms with Crippen LogP contribution in [0.5, 0.6) is 0 Å². The fourth-order valence-corrected chi connectivity index (χ4v) is 2.33. The highest BCUT2D eigenvalue weighted by molar-refractivity contribution is 6.14. The molecular formula is C13H15N3O3. The summed E-state index contributed by atoms with van der Waals surface area (Å²) in [5, 5.41) is 16.1. The van der Waals surface area contributed by atoms with Crippen LogP contribution >= 0.6 is 0 Å². The molecule has 0 unspecified atom stereocenters. The molecule has 1 amide bonds. The molecule has 19 heavy (non-hydrogen) atoms. The highest BCUT2D eigenvalue weighted by atomic mass is 16.6. The topological polar surface area (TPSA) is 75.8 Å². The summed E-state index contributed by atoms with van der Waals surface area (Å²) >= 11 is 0. The van der Waals surface area contributed by atoms with E-state index in [9.17, 15) is 14.9 Å². The average Bonchev–Trinajstić information content (AvgIpc) is 2.65. The lowest BCUT2D eigenvalue weighted by Crippen LogP contribution is -2.34. The largest absolute Gasteiger partial charge is 0.272 e. The van der Waals surface area contributed by atoms with E-state index in [-0.39, 0.29) is 18.4 Å². The number of anilines is 1. The lowest BCUT2D eigenvalue weighted by Gasteiger charge is -2.16. The number of nitro groups is 1. The van der Waals surface area contributed by atoms with Crippen molar-refractivity contribution >= 4 is 17.3 Å². The van der Waals surface area contributed by atoms with Gasteiger partial charge in [-0.3, -0.25) is 14.9 Å². The fraction of sp³-hybridized carbons (Fsp3) is 0.385. The molecule has 0 fully saturated rings. The molecule has 0 N–H and O–H groups in total. The van der Waals surface area contributed by atoms with Crippen LogP contribution < -0.4 is 5.01 Å². The van der Waals surface area contributed by atoms with E-state index in [4.69, 9.17) is 0 Å². The Morgan fingerprint density at radius 2 is 2.05 bits per heavy atom. The summed E-state index contributed by atoms with van der Waals surface area (Å²) < 4.78 is 0. The Bertz CT molecular complexity index is 527. The van der Waals surface area contributed by atoms with E-state index in [2.05, 4.69) is 5.10 Å². The Morgan fingerprint density at radius 3 is 2.63 bits per heavy atom. The highest BCUT2D eigenvalue weighted by Gasteiger charge is 2.39. The van der Waals surface area contributed by atoms with Crippen molar-refractivity contribution in [1.29, 1.82) is 0 Å². The van der Waals surface area contributed by atoms with Crippen LogP contribution in [0.4, 0.5) is 5.69 Å². The zero-order valence-electron chi connectivity index (χ0n) is 10.8. The predicted molar refractivity (Wildman–Crippen MR) is 71.6 cm³/mol. The molecule has 100 valence electrons. The van der Waals surface area contributed by atoms with E-state index in [1.807, 2.05) is 18.2 Å². The second-order valence-electron chi connectivity index (χ2n) is 4.70. The minimum atomic E-state index is -0.509. The third-order valence-corrected chi connectivity index (χ3v) is 3.19. The fourth-order valence-electron chi connectivity index (χ4n) is 2.33. The summed E-state index contributed by atoms with van der Waals surface area (Å²) in [6, 6.07) is 9.07. The van der Waals surface area contributed by atoms with Crippen LogP contribution in [0.15, 0.2) is 35.4 Å². The highest BCUT2D eigenvalue weighted by Crippen LogP contribution is 2.28. The number of hydrazone groups is 1. The monoisotopic (exact) mass is 261 g/mol. The number of benzene rings is 1. The van der Waals surface area contributed by atoms with Gasteiger partial charge in [-0.1, -0.05) is 25.1 Å². The Morgan fingerprint density at radius 1 is 1.42 bits per heavy atom. The van der Waals surface area contributed by atoms with Crippen molar-refractivity contribution < 1.29 is 9.72 Å². The Kier molecular flexibility index (Phi) is 3.59. The first-order chi connectivity index (χ1) is 9.00. The van der Waals surface area contributed by atoms with Gasteiger partial charge in [0.05, 0.1) is 11.6 Å². The third kappa shape index (κ3) is 2.62. The maximum atomic E-state index is 12.3. The number of para-hydroxylation sites is 1. The lowest BCUT2D eigenvalue weighted by molar-refractivity contribution is -0.488. The van der Waals surface area contributed by atoms with Gasteiger partial charge in [0.25, 0.3) is 5.91 Å². The minimum Gasteiger partial charge on any atom is -0.272 e. The number of nitrogens with zero attached hydrogens (tertiary/aromatic N) is 3. The van der Waals surface area contributed by atoms with Crippen molar-refractivity contribution in [2.24, 2.45) is 16.9 Å². The summed E-state index contributed by atoms with van der Waals surface area (Å²) in [6.45, 7) is 3.22. The van der Waals surface area contributed by atoms with Gasteiger partial charge >= 0.3 is 0 Å². The minimum absolute atomic E-state index is 0.196. The van der Waals surface area contributed by atoms with Gasteiger partial charge in [0.15, 0.2) is 0 Å². The Hall–Kier alpha value is -2.24. The van der Waals surface area contributed by atoms with Gasteiger partial charge in [-0.25, -0.2) is 5.01 Å². The zero-order valence-corrected chi connectivity index (χ0v) is 10.8. The summed E-state index contributed by atoms with van der Waals surface area (Å²) in [4.78, 5) is 22.5. The van der Waals surface area contributed by atoms with E-state index in [0.717, 1.165) is 0 Å². The van der Waals surface area contributed by atoms with Gasteiger partial charge in [-0.05, 0) is 19.1 Å². The van der Waals surface area contributed by atoms with Gasteiger partial charge in [-0.15, -0.1) is 0 Å². The molecule has 6 nitrogen and oxygen atoms in total. The van der Waals surface area contributed by atoms with Crippen molar-refractivity contribution in [2.45, 2.75) is 13.8 Å². The van der Waals surface area contributed by atoms with E-state index >= 15 is 0 Å². The molecular weight excluding hydrogens is 246 g/mol. The number of carbonyl (C=O) groups excluding carboxylic acids is 1. The second-order valence-corrected chi connectivity index (χ2v) is 4.70. The summed E-state index contributed by atoms with van der Waals surface area (Å²) in [6.07, 6.45) is 0. The van der Waals surface area contributed by atoms with Gasteiger partial charge in [-0.2, -0.15) is 5.10 Å². The molecule has 0 saturated heterocycles. The van der Waals surface area contributed by atoms with Crippen molar-refractivity contribution in [3.05, 3.63) is 40.4 Å². The standard InChI is InChI=1S/C13H15N3O3/c1-9(8-15(18)19)12-10(2)14-16(13(12)17)11-6-4-3-5-7-11/h3-7,9,12H,8H2,1-2H3/t9-,12-/m0/s1. The number of amides is 1. The first-order valence-electron chi connectivity index (χ1n) is 6.06. The predicted octanol–water partition coefficient (Wildman–Crippen LogP) is 1.94. The summed E-state index contributed by atoms with van der Waals surface area (Å²) in [7, 11) is 0. The normalized spacial score (nSPS) is 20.3. The molecule has 2 atom stereocenters. The van der Waals surface area contributed by atoms with E-state index in [1.54, 1.807) is 26.0 Å². The van der Waals surface area contributed by atoms with E-state index in [1.165, 1.54) is 5.01 Å². The summed E-state index contributed by atoms with van der Waals surface area (Å²) in [5.74, 6) is -1.07. The first kappa shape index (κ1) is 13.2. The van der Waals surface area contributed by atoms with Crippen molar-refractivity contribution in [3.63, 3.8) is 0 Å². The number of rotatable bonds is 4. The Balaban J connectivity index is 2.21. The lowest BCUT2D eigenvalue weighted by atomic mass is 9.90. The van der Waals surface area contributed by atoms with Gasteiger partial charge in [0.1, 0.15) is 0 Å². The molecule has 0 aliphatic carbocycles. The number of hydrogen-bond donors (Lipinski definition) is 0. The maximum absolute atomic E-state index is 12.3. The quantitative estimate of drug-likeness (QED) is 0.614. The molecule has 0 saturated carbocycles. The third-order valence-electron chi connectivity index (χ3n) is 3.19. The molecule has 1 aliphatic rings. The van der Waals surface area contributed by atoms with Crippen LogP contribution in [-0.4, -0.2) is 23.1 Å². The second kappa shape index (κ2) is 5.17. The zero-order chi connectivity index (χ0) is 14.0. The van der Waals surface area contributed by atoms with Gasteiger partial charge in [0.2, 0.25) is 6.54 Å². The molecule has 1 heterocycles. The van der Waals surface area contributed by atoms with E-state index < -0.39 is 10.8 Å². The first-order valence-corrected chi connectivity index (χ1v) is 6.06. The van der Waals surface area contributed by atoms with Crippen LogP contribution in [0.25, 0.3) is 0 Å². The molecule has 1 aliphatic heterocycles. The van der Waals surface area contributed by atoms with E-state index in [0.29, 0.717) is 11.4 Å².